The van der Waals surface area contributed by atoms with Gasteiger partial charge in [-0.3, -0.25) is 4.79 Å². The van der Waals surface area contributed by atoms with Crippen molar-refractivity contribution in [3.63, 3.8) is 0 Å². The Balaban J connectivity index is 1.65. The highest BCUT2D eigenvalue weighted by molar-refractivity contribution is 5.81. The summed E-state index contributed by atoms with van der Waals surface area (Å²) in [6.07, 6.45) is 0.376. The Hall–Kier alpha value is -2.08. The minimum absolute atomic E-state index is 0.0134. The Morgan fingerprint density at radius 1 is 1.29 bits per heavy atom. The Morgan fingerprint density at radius 2 is 2.05 bits per heavy atom. The van der Waals surface area contributed by atoms with Crippen LogP contribution in [-0.4, -0.2) is 54.0 Å². The molecule has 0 bridgehead atoms. The van der Waals surface area contributed by atoms with Gasteiger partial charge in [0.1, 0.15) is 0 Å². The lowest BCUT2D eigenvalue weighted by molar-refractivity contribution is -0.132. The molecule has 1 aromatic rings. The van der Waals surface area contributed by atoms with Crippen LogP contribution in [0.25, 0.3) is 0 Å². The molecule has 112 valence electrons. The number of carbonyl (C=O) groups is 2. The van der Waals surface area contributed by atoms with E-state index in [9.17, 15) is 9.59 Å². The van der Waals surface area contributed by atoms with E-state index in [0.29, 0.717) is 39.1 Å². The second kappa shape index (κ2) is 5.73. The van der Waals surface area contributed by atoms with Crippen LogP contribution >= 0.6 is 0 Å². The van der Waals surface area contributed by atoms with E-state index in [1.807, 2.05) is 34.1 Å². The molecule has 21 heavy (non-hydrogen) atoms. The number of rotatable bonds is 3. The van der Waals surface area contributed by atoms with E-state index in [0.717, 1.165) is 11.1 Å². The summed E-state index contributed by atoms with van der Waals surface area (Å²) in [5.41, 5.74) is 7.72. The standard InChI is InChI=1S/C15H20N4O2/c16-8-12-4-2-1-3-11(12)7-14(20)18-5-6-19-13(10-18)9-17-15(19)21/h1-4,13H,5-10,16H2,(H,17,21). The summed E-state index contributed by atoms with van der Waals surface area (Å²) >= 11 is 0. The lowest BCUT2D eigenvalue weighted by Crippen LogP contribution is -2.54. The number of fused-ring (bicyclic) bond motifs is 1. The average molecular weight is 288 g/mol. The molecule has 1 unspecified atom stereocenters. The van der Waals surface area contributed by atoms with Crippen molar-refractivity contribution < 1.29 is 9.59 Å². The van der Waals surface area contributed by atoms with Crippen molar-refractivity contribution >= 4 is 11.9 Å². The molecular formula is C15H20N4O2. The van der Waals surface area contributed by atoms with E-state index in [-0.39, 0.29) is 18.0 Å². The minimum atomic E-state index is -0.0134. The van der Waals surface area contributed by atoms with Crippen molar-refractivity contribution in [1.82, 2.24) is 15.1 Å². The predicted molar refractivity (Wildman–Crippen MR) is 78.5 cm³/mol. The van der Waals surface area contributed by atoms with E-state index >= 15 is 0 Å². The fourth-order valence-corrected chi connectivity index (χ4v) is 3.03. The van der Waals surface area contributed by atoms with Crippen LogP contribution in [0.5, 0.6) is 0 Å². The van der Waals surface area contributed by atoms with Gasteiger partial charge in [-0.2, -0.15) is 0 Å². The monoisotopic (exact) mass is 288 g/mol. The van der Waals surface area contributed by atoms with E-state index in [2.05, 4.69) is 5.32 Å². The SMILES string of the molecule is NCc1ccccc1CC(=O)N1CCN2C(=O)NCC2C1. The molecule has 2 fully saturated rings. The third-order valence-corrected chi connectivity index (χ3v) is 4.27. The van der Waals surface area contributed by atoms with Gasteiger partial charge in [0, 0.05) is 32.7 Å². The number of hydrogen-bond donors (Lipinski definition) is 2. The number of nitrogens with zero attached hydrogens (tertiary/aromatic N) is 2. The number of urea groups is 1. The summed E-state index contributed by atoms with van der Waals surface area (Å²) in [5.74, 6) is 0.106. The van der Waals surface area contributed by atoms with E-state index in [1.165, 1.54) is 0 Å². The molecule has 6 heteroatoms. The largest absolute Gasteiger partial charge is 0.338 e. The predicted octanol–water partition coefficient (Wildman–Crippen LogP) is -0.0762. The number of benzene rings is 1. The second-order valence-electron chi connectivity index (χ2n) is 5.52. The van der Waals surface area contributed by atoms with Gasteiger partial charge >= 0.3 is 6.03 Å². The van der Waals surface area contributed by atoms with Crippen LogP contribution in [0.4, 0.5) is 4.79 Å². The topological polar surface area (TPSA) is 78.7 Å². The second-order valence-corrected chi connectivity index (χ2v) is 5.52. The molecule has 1 aromatic carbocycles. The maximum Gasteiger partial charge on any atom is 0.317 e. The molecule has 2 heterocycles. The number of amides is 3. The Bertz CT molecular complexity index is 560. The zero-order valence-electron chi connectivity index (χ0n) is 11.9. The van der Waals surface area contributed by atoms with Crippen LogP contribution in [0.2, 0.25) is 0 Å². The highest BCUT2D eigenvalue weighted by Crippen LogP contribution is 2.16. The van der Waals surface area contributed by atoms with Crippen LogP contribution in [0.15, 0.2) is 24.3 Å². The lowest BCUT2D eigenvalue weighted by Gasteiger charge is -2.36. The van der Waals surface area contributed by atoms with Crippen LogP contribution in [0.3, 0.4) is 0 Å². The summed E-state index contributed by atoms with van der Waals surface area (Å²) in [6.45, 7) is 2.90. The zero-order valence-corrected chi connectivity index (χ0v) is 11.9. The molecule has 0 radical (unpaired) electrons. The number of nitrogens with one attached hydrogen (secondary N) is 1. The molecule has 3 rings (SSSR count). The first-order valence-corrected chi connectivity index (χ1v) is 7.28. The van der Waals surface area contributed by atoms with Gasteiger partial charge in [0.25, 0.3) is 0 Å². The Morgan fingerprint density at radius 3 is 2.81 bits per heavy atom. The molecule has 0 spiro atoms. The van der Waals surface area contributed by atoms with E-state index in [1.54, 1.807) is 0 Å². The van der Waals surface area contributed by atoms with Gasteiger partial charge in [0.15, 0.2) is 0 Å². The Labute approximate surface area is 123 Å². The highest BCUT2D eigenvalue weighted by atomic mass is 16.2. The summed E-state index contributed by atoms with van der Waals surface area (Å²) in [7, 11) is 0. The highest BCUT2D eigenvalue weighted by Gasteiger charge is 2.36. The van der Waals surface area contributed by atoms with Gasteiger partial charge in [-0.25, -0.2) is 4.79 Å². The first kappa shape index (κ1) is 13.9. The van der Waals surface area contributed by atoms with Gasteiger partial charge in [-0.1, -0.05) is 24.3 Å². The van der Waals surface area contributed by atoms with Crippen molar-refractivity contribution in [3.05, 3.63) is 35.4 Å². The molecule has 6 nitrogen and oxygen atoms in total. The molecule has 1 atom stereocenters. The smallest absolute Gasteiger partial charge is 0.317 e. The van der Waals surface area contributed by atoms with Gasteiger partial charge < -0.3 is 20.9 Å². The van der Waals surface area contributed by atoms with Crippen molar-refractivity contribution in [1.29, 1.82) is 0 Å². The van der Waals surface area contributed by atoms with Crippen molar-refractivity contribution in [2.75, 3.05) is 26.2 Å². The summed E-state index contributed by atoms with van der Waals surface area (Å²) in [5, 5.41) is 2.82. The van der Waals surface area contributed by atoms with Gasteiger partial charge in [0.05, 0.1) is 12.5 Å². The minimum Gasteiger partial charge on any atom is -0.338 e. The first-order valence-electron chi connectivity index (χ1n) is 7.28. The molecule has 2 saturated heterocycles. The van der Waals surface area contributed by atoms with Crippen LogP contribution in [0.1, 0.15) is 11.1 Å². The maximum atomic E-state index is 12.5. The van der Waals surface area contributed by atoms with Gasteiger partial charge in [-0.05, 0) is 11.1 Å². The van der Waals surface area contributed by atoms with E-state index in [4.69, 9.17) is 5.73 Å². The quantitative estimate of drug-likeness (QED) is 0.817. The molecule has 0 saturated carbocycles. The molecule has 2 aliphatic heterocycles. The fraction of sp³-hybridized carbons (Fsp3) is 0.467. The third kappa shape index (κ3) is 2.71. The summed E-state index contributed by atoms with van der Waals surface area (Å²) < 4.78 is 0. The van der Waals surface area contributed by atoms with Crippen molar-refractivity contribution in [3.8, 4) is 0 Å². The van der Waals surface area contributed by atoms with Crippen molar-refractivity contribution in [2.45, 2.75) is 19.0 Å². The normalized spacial score (nSPS) is 21.2. The average Bonchev–Trinajstić information content (AvgIpc) is 2.88. The summed E-state index contributed by atoms with van der Waals surface area (Å²) in [4.78, 5) is 27.7. The molecule has 0 aliphatic carbocycles. The van der Waals surface area contributed by atoms with Crippen LogP contribution < -0.4 is 11.1 Å². The summed E-state index contributed by atoms with van der Waals surface area (Å²) in [6, 6.07) is 7.88. The molecule has 2 aliphatic rings. The van der Waals surface area contributed by atoms with Gasteiger partial charge in [0.2, 0.25) is 5.91 Å². The molecule has 3 amide bonds. The Kier molecular flexibility index (Phi) is 3.79. The number of piperazine rings is 1. The number of hydrogen-bond acceptors (Lipinski definition) is 3. The van der Waals surface area contributed by atoms with Gasteiger partial charge in [-0.15, -0.1) is 0 Å². The number of nitrogens with two attached hydrogens (primary N) is 1. The fourth-order valence-electron chi connectivity index (χ4n) is 3.03. The first-order chi connectivity index (χ1) is 10.2. The van der Waals surface area contributed by atoms with Crippen molar-refractivity contribution in [2.24, 2.45) is 5.73 Å². The zero-order chi connectivity index (χ0) is 14.8. The third-order valence-electron chi connectivity index (χ3n) is 4.27. The molecule has 0 aromatic heterocycles. The van der Waals surface area contributed by atoms with Crippen LogP contribution in [0, 0.1) is 0 Å². The van der Waals surface area contributed by atoms with E-state index < -0.39 is 0 Å². The molecular weight excluding hydrogens is 268 g/mol. The lowest BCUT2D eigenvalue weighted by atomic mass is 10.0. The number of carbonyl (C=O) groups excluding carboxylic acids is 2. The molecule has 3 N–H and O–H groups in total. The maximum absolute atomic E-state index is 12.5. The van der Waals surface area contributed by atoms with Crippen LogP contribution in [-0.2, 0) is 17.8 Å².